The Morgan fingerprint density at radius 2 is 1.71 bits per heavy atom. The lowest BCUT2D eigenvalue weighted by atomic mass is 10.00. The molecule has 21 heavy (non-hydrogen) atoms. The van der Waals surface area contributed by atoms with Crippen molar-refractivity contribution < 1.29 is 0 Å². The number of hydrogen-bond donors (Lipinski definition) is 1. The van der Waals surface area contributed by atoms with Crippen LogP contribution in [0.15, 0.2) is 54.6 Å². The topological polar surface area (TPSA) is 3.24 Å². The number of thiol groups is 1. The SMILES string of the molecule is SCC(CN1CCCCc2ccccc21)c1ccccc1. The van der Waals surface area contributed by atoms with Crippen LogP contribution < -0.4 is 4.90 Å². The third-order valence-electron chi connectivity index (χ3n) is 4.39. The van der Waals surface area contributed by atoms with Crippen molar-refractivity contribution in [2.45, 2.75) is 25.2 Å². The van der Waals surface area contributed by atoms with Gasteiger partial charge in [-0.15, -0.1) is 0 Å². The summed E-state index contributed by atoms with van der Waals surface area (Å²) in [5.41, 5.74) is 4.33. The van der Waals surface area contributed by atoms with E-state index in [1.54, 1.807) is 0 Å². The smallest absolute Gasteiger partial charge is 0.0398 e. The summed E-state index contributed by atoms with van der Waals surface area (Å²) >= 11 is 4.60. The first-order valence-electron chi connectivity index (χ1n) is 7.87. The van der Waals surface area contributed by atoms with E-state index >= 15 is 0 Å². The molecule has 0 aliphatic carbocycles. The monoisotopic (exact) mass is 297 g/mol. The van der Waals surface area contributed by atoms with E-state index in [2.05, 4.69) is 72.1 Å². The van der Waals surface area contributed by atoms with Gasteiger partial charge < -0.3 is 4.90 Å². The molecule has 1 unspecified atom stereocenters. The highest BCUT2D eigenvalue weighted by Gasteiger charge is 2.19. The fraction of sp³-hybridized carbons (Fsp3) is 0.368. The zero-order valence-corrected chi connectivity index (χ0v) is 13.3. The molecule has 110 valence electrons. The molecule has 0 spiro atoms. The fourth-order valence-corrected chi connectivity index (χ4v) is 3.55. The molecule has 1 nitrogen and oxygen atoms in total. The van der Waals surface area contributed by atoms with Gasteiger partial charge >= 0.3 is 0 Å². The Kier molecular flexibility index (Phi) is 4.87. The minimum Gasteiger partial charge on any atom is -0.371 e. The molecule has 0 aromatic heterocycles. The number of rotatable bonds is 4. The van der Waals surface area contributed by atoms with E-state index in [9.17, 15) is 0 Å². The summed E-state index contributed by atoms with van der Waals surface area (Å²) < 4.78 is 0. The first-order valence-corrected chi connectivity index (χ1v) is 8.50. The average molecular weight is 297 g/mol. The maximum atomic E-state index is 4.60. The average Bonchev–Trinajstić information content (AvgIpc) is 2.76. The van der Waals surface area contributed by atoms with Crippen molar-refractivity contribution in [2.75, 3.05) is 23.7 Å². The summed E-state index contributed by atoms with van der Waals surface area (Å²) in [4.78, 5) is 2.57. The molecule has 1 heterocycles. The van der Waals surface area contributed by atoms with Gasteiger partial charge in [-0.1, -0.05) is 48.5 Å². The predicted molar refractivity (Wildman–Crippen MR) is 94.6 cm³/mol. The number of nitrogens with zero attached hydrogens (tertiary/aromatic N) is 1. The minimum absolute atomic E-state index is 0.487. The van der Waals surface area contributed by atoms with Crippen molar-refractivity contribution >= 4 is 18.3 Å². The molecular formula is C19H23NS. The summed E-state index contributed by atoms with van der Waals surface area (Å²) in [6.45, 7) is 2.22. The van der Waals surface area contributed by atoms with Gasteiger partial charge in [0.15, 0.2) is 0 Å². The van der Waals surface area contributed by atoms with Crippen LogP contribution >= 0.6 is 12.6 Å². The maximum absolute atomic E-state index is 4.60. The summed E-state index contributed by atoms with van der Waals surface area (Å²) in [5.74, 6) is 1.38. The molecule has 2 aromatic carbocycles. The van der Waals surface area contributed by atoms with Crippen LogP contribution in [0.2, 0.25) is 0 Å². The number of fused-ring (bicyclic) bond motifs is 1. The lowest BCUT2D eigenvalue weighted by Gasteiger charge is -2.29. The number of aryl methyl sites for hydroxylation is 1. The second-order valence-corrected chi connectivity index (χ2v) is 6.19. The lowest BCUT2D eigenvalue weighted by Crippen LogP contribution is -2.30. The number of hydrogen-bond acceptors (Lipinski definition) is 2. The molecular weight excluding hydrogens is 274 g/mol. The number of anilines is 1. The highest BCUT2D eigenvalue weighted by molar-refractivity contribution is 7.80. The molecule has 3 rings (SSSR count). The van der Waals surface area contributed by atoms with Gasteiger partial charge in [0.25, 0.3) is 0 Å². The van der Waals surface area contributed by atoms with E-state index in [0.29, 0.717) is 5.92 Å². The van der Waals surface area contributed by atoms with Crippen LogP contribution in [0.4, 0.5) is 5.69 Å². The zero-order valence-electron chi connectivity index (χ0n) is 12.4. The minimum atomic E-state index is 0.487. The van der Waals surface area contributed by atoms with Crippen molar-refractivity contribution in [1.29, 1.82) is 0 Å². The van der Waals surface area contributed by atoms with E-state index in [0.717, 1.165) is 18.8 Å². The highest BCUT2D eigenvalue weighted by atomic mass is 32.1. The molecule has 0 N–H and O–H groups in total. The quantitative estimate of drug-likeness (QED) is 0.811. The third kappa shape index (κ3) is 3.44. The Morgan fingerprint density at radius 3 is 2.52 bits per heavy atom. The number of benzene rings is 2. The normalized spacial score (nSPS) is 16.1. The molecule has 1 aliphatic heterocycles. The summed E-state index contributed by atoms with van der Waals surface area (Å²) in [6.07, 6.45) is 3.79. The van der Waals surface area contributed by atoms with E-state index in [-0.39, 0.29) is 0 Å². The van der Waals surface area contributed by atoms with Crippen molar-refractivity contribution in [1.82, 2.24) is 0 Å². The molecule has 0 radical (unpaired) electrons. The summed E-state index contributed by atoms with van der Waals surface area (Å²) in [7, 11) is 0. The van der Waals surface area contributed by atoms with E-state index in [1.807, 2.05) is 0 Å². The molecule has 0 amide bonds. The van der Waals surface area contributed by atoms with Crippen molar-refractivity contribution in [3.8, 4) is 0 Å². The van der Waals surface area contributed by atoms with Gasteiger partial charge in [-0.05, 0) is 42.2 Å². The van der Waals surface area contributed by atoms with Crippen LogP contribution in [0, 0.1) is 0 Å². The van der Waals surface area contributed by atoms with Gasteiger partial charge in [0, 0.05) is 24.7 Å². The van der Waals surface area contributed by atoms with E-state index < -0.39 is 0 Å². The first-order chi connectivity index (χ1) is 10.4. The van der Waals surface area contributed by atoms with Gasteiger partial charge in [0.1, 0.15) is 0 Å². The van der Waals surface area contributed by atoms with Crippen molar-refractivity contribution in [3.63, 3.8) is 0 Å². The molecule has 1 aliphatic rings. The standard InChI is InChI=1S/C19H23NS/c21-15-18(16-8-2-1-3-9-16)14-20-13-7-6-11-17-10-4-5-12-19(17)20/h1-5,8-10,12,18,21H,6-7,11,13-15H2. The Balaban J connectivity index is 1.83. The lowest BCUT2D eigenvalue weighted by molar-refractivity contribution is 0.667. The van der Waals surface area contributed by atoms with Gasteiger partial charge in [-0.3, -0.25) is 0 Å². The van der Waals surface area contributed by atoms with Crippen LogP contribution in [0.25, 0.3) is 0 Å². The molecule has 0 saturated heterocycles. The van der Waals surface area contributed by atoms with Gasteiger partial charge in [-0.25, -0.2) is 0 Å². The third-order valence-corrected chi connectivity index (χ3v) is 4.83. The van der Waals surface area contributed by atoms with Crippen LogP contribution in [-0.4, -0.2) is 18.8 Å². The Bertz CT molecular complexity index is 567. The Morgan fingerprint density at radius 1 is 0.952 bits per heavy atom. The van der Waals surface area contributed by atoms with Crippen molar-refractivity contribution in [2.24, 2.45) is 0 Å². The predicted octanol–water partition coefficient (Wildman–Crippen LogP) is 4.54. The van der Waals surface area contributed by atoms with Gasteiger partial charge in [-0.2, -0.15) is 12.6 Å². The van der Waals surface area contributed by atoms with Crippen LogP contribution in [-0.2, 0) is 6.42 Å². The van der Waals surface area contributed by atoms with Gasteiger partial charge in [0.05, 0.1) is 0 Å². The largest absolute Gasteiger partial charge is 0.371 e. The van der Waals surface area contributed by atoms with Crippen molar-refractivity contribution in [3.05, 3.63) is 65.7 Å². The fourth-order valence-electron chi connectivity index (χ4n) is 3.22. The van der Waals surface area contributed by atoms with Crippen LogP contribution in [0.1, 0.15) is 29.9 Å². The van der Waals surface area contributed by atoms with Crippen LogP contribution in [0.3, 0.4) is 0 Å². The second kappa shape index (κ2) is 7.04. The Hall–Kier alpha value is -1.41. The zero-order chi connectivity index (χ0) is 14.5. The number of para-hydroxylation sites is 1. The first kappa shape index (κ1) is 14.5. The second-order valence-electron chi connectivity index (χ2n) is 5.82. The molecule has 0 fully saturated rings. The molecule has 2 heteroatoms. The highest BCUT2D eigenvalue weighted by Crippen LogP contribution is 2.29. The molecule has 0 saturated carbocycles. The molecule has 0 bridgehead atoms. The summed E-state index contributed by atoms with van der Waals surface area (Å²) in [5, 5.41) is 0. The molecule has 2 aromatic rings. The van der Waals surface area contributed by atoms with E-state index in [1.165, 1.54) is 36.1 Å². The Labute approximate surface area is 133 Å². The molecule has 1 atom stereocenters. The van der Waals surface area contributed by atoms with Gasteiger partial charge in [0.2, 0.25) is 0 Å². The van der Waals surface area contributed by atoms with Crippen LogP contribution in [0.5, 0.6) is 0 Å². The summed E-state index contributed by atoms with van der Waals surface area (Å²) in [6, 6.07) is 19.7. The maximum Gasteiger partial charge on any atom is 0.0398 e. The van der Waals surface area contributed by atoms with E-state index in [4.69, 9.17) is 0 Å².